The summed E-state index contributed by atoms with van der Waals surface area (Å²) in [5.74, 6) is 2.05. The first-order valence-corrected chi connectivity index (χ1v) is 29.2. The van der Waals surface area contributed by atoms with E-state index in [1.54, 1.807) is 25.3 Å². The average Bonchev–Trinajstić information content (AvgIpc) is 3.54. The lowest BCUT2D eigenvalue weighted by molar-refractivity contribution is 0.414. The lowest BCUT2D eigenvalue weighted by Crippen LogP contribution is -2.11. The number of aromatic hydroxyl groups is 3. The number of nitrogens with zero attached hydrogens (tertiary/aromatic N) is 3. The van der Waals surface area contributed by atoms with Crippen LogP contribution in [0.5, 0.6) is 23.0 Å². The Morgan fingerprint density at radius 2 is 0.706 bits per heavy atom. The molecule has 3 N–H and O–H groups in total. The highest BCUT2D eigenvalue weighted by Gasteiger charge is 2.18. The minimum Gasteiger partial charge on any atom is -0.508 e. The smallest absolute Gasteiger partial charge is 0.121 e. The highest BCUT2D eigenvalue weighted by Crippen LogP contribution is 2.32. The fourth-order valence-electron chi connectivity index (χ4n) is 7.70. The third-order valence-corrected chi connectivity index (χ3v) is 13.8. The van der Waals surface area contributed by atoms with E-state index in [1.165, 1.54) is 44.5 Å². The molecule has 0 spiro atoms. The van der Waals surface area contributed by atoms with E-state index < -0.39 is 0 Å². The predicted octanol–water partition coefficient (Wildman–Crippen LogP) is 24.1. The number of phenols is 3. The van der Waals surface area contributed by atoms with Gasteiger partial charge in [0, 0.05) is 15.6 Å². The molecule has 85 heavy (non-hydrogen) atoms. The number of hydrogen-bond acceptors (Lipinski definition) is 5. The molecule has 0 fully saturated rings. The Hall–Kier alpha value is -6.66. The monoisotopic (exact) mass is 1180 g/mol. The van der Waals surface area contributed by atoms with E-state index >= 15 is 0 Å². The second-order valence-electron chi connectivity index (χ2n) is 28.6. The van der Waals surface area contributed by atoms with Crippen LogP contribution >= 0.6 is 11.6 Å². The lowest BCUT2D eigenvalue weighted by Gasteiger charge is -2.20. The molecule has 0 atom stereocenters. The summed E-state index contributed by atoms with van der Waals surface area (Å²) in [6, 6.07) is 49.8. The van der Waals surface area contributed by atoms with Crippen LogP contribution in [0.2, 0.25) is 5.02 Å². The summed E-state index contributed by atoms with van der Waals surface area (Å²) >= 11 is 5.76. The van der Waals surface area contributed by atoms with Gasteiger partial charge in [0.2, 0.25) is 0 Å². The zero-order valence-corrected chi connectivity index (χ0v) is 56.7. The molecule has 0 aliphatic rings. The Balaban J connectivity index is 0. The molecule has 0 saturated heterocycles. The van der Waals surface area contributed by atoms with E-state index in [2.05, 4.69) is 223 Å². The molecule has 8 heteroatoms. The Labute approximate surface area is 524 Å². The number of methoxy groups -OCH3 is 1. The fourth-order valence-corrected chi connectivity index (χ4v) is 7.83. The maximum Gasteiger partial charge on any atom is 0.121 e. The van der Waals surface area contributed by atoms with Crippen molar-refractivity contribution < 1.29 is 20.1 Å². The minimum absolute atomic E-state index is 0. The Bertz CT molecular complexity index is 2990. The van der Waals surface area contributed by atoms with Crippen LogP contribution in [-0.2, 0) is 37.9 Å². The first-order valence-electron chi connectivity index (χ1n) is 28.8. The third kappa shape index (κ3) is 30.8. The number of benzene rings is 7. The number of azide groups is 1. The SMILES string of the molecule is C.C.CC(C)(C)c1ccc(Cl)cc1.CC(C)(C)c1ccc(N=[N+]=[N-])cc1.CC(C)(C)c1ccc(O)cc1.COc1ccc(C(C)(C)C)cc1.Cc1cc(C(C)(C)C)cc(C)c1O.Cc1cc(C(C)(C)C)ccc1O.Cc1cccc(C(C)(C)C)c1. The second kappa shape index (κ2) is 34.5. The molecule has 0 aromatic heterocycles. The molecular weight excluding hydrogens is 1070 g/mol. The Morgan fingerprint density at radius 1 is 0.388 bits per heavy atom. The van der Waals surface area contributed by atoms with Crippen molar-refractivity contribution in [3.63, 3.8) is 0 Å². The van der Waals surface area contributed by atoms with Crippen molar-refractivity contribution in [1.29, 1.82) is 0 Å². The van der Waals surface area contributed by atoms with Crippen molar-refractivity contribution in [3.05, 3.63) is 228 Å². The van der Waals surface area contributed by atoms with Crippen molar-refractivity contribution in [3.8, 4) is 23.0 Å². The summed E-state index contributed by atoms with van der Waals surface area (Å²) in [5, 5.41) is 32.2. The van der Waals surface area contributed by atoms with Crippen LogP contribution in [-0.4, -0.2) is 22.4 Å². The standard InChI is InChI=1S/C12H18O.2C11H16O.C11H16.C10H13Cl.C10H13N3.C10H14O.2CH4/c1-8-6-10(12(3,4)5)7-9(2)11(8)13;1-11(2,3)9-5-7-10(12-4)8-6-9;1-8-7-9(11(2,3)4)5-6-10(8)12;1-9-6-5-7-10(8-9)11(2,3)4;1-10(2,3)8-4-6-9(11)7-5-8;1-10(2,3)8-4-6-9(7-5-8)12-13-11;1-10(2,3)8-4-6-9(11)7-5-8;;/h6-7,13H,1-5H3;5-8H,1-4H3;5-7,12H,1-4H3;5-8H,1-4H3;4-7H,1-3H3;4-7H,1-3H3;4-7,11H,1-3H3;2*1H4. The van der Waals surface area contributed by atoms with Crippen LogP contribution in [0, 0.1) is 27.7 Å². The van der Waals surface area contributed by atoms with Crippen LogP contribution in [0.3, 0.4) is 0 Å². The quantitative estimate of drug-likeness (QED) is 0.0908. The van der Waals surface area contributed by atoms with Crippen molar-refractivity contribution >= 4 is 17.3 Å². The molecule has 0 aliphatic carbocycles. The van der Waals surface area contributed by atoms with Gasteiger partial charge in [0.15, 0.2) is 0 Å². The number of aryl methyl sites for hydroxylation is 4. The molecule has 0 radical (unpaired) electrons. The first kappa shape index (κ1) is 80.4. The van der Waals surface area contributed by atoms with Crippen molar-refractivity contribution in [2.24, 2.45) is 5.11 Å². The van der Waals surface area contributed by atoms with E-state index in [-0.39, 0.29) is 52.8 Å². The molecule has 0 aliphatic heterocycles. The van der Waals surface area contributed by atoms with Gasteiger partial charge in [0.05, 0.1) is 7.11 Å². The van der Waals surface area contributed by atoms with Crippen LogP contribution in [0.25, 0.3) is 10.4 Å². The molecule has 0 unspecified atom stereocenters. The van der Waals surface area contributed by atoms with Crippen LogP contribution in [0.1, 0.15) is 221 Å². The highest BCUT2D eigenvalue weighted by atomic mass is 35.5. The summed E-state index contributed by atoms with van der Waals surface area (Å²) in [4.78, 5) is 2.72. The van der Waals surface area contributed by atoms with Gasteiger partial charge >= 0.3 is 0 Å². The van der Waals surface area contributed by atoms with E-state index in [0.29, 0.717) is 22.9 Å². The molecule has 7 rings (SSSR count). The van der Waals surface area contributed by atoms with Crippen molar-refractivity contribution in [2.45, 2.75) is 226 Å². The zero-order valence-electron chi connectivity index (χ0n) is 55.9. The van der Waals surface area contributed by atoms with Crippen LogP contribution < -0.4 is 4.74 Å². The third-order valence-electron chi connectivity index (χ3n) is 13.6. The van der Waals surface area contributed by atoms with Crippen LogP contribution in [0.4, 0.5) is 5.69 Å². The van der Waals surface area contributed by atoms with Gasteiger partial charge in [-0.1, -0.05) is 292 Å². The largest absolute Gasteiger partial charge is 0.508 e. The lowest BCUT2D eigenvalue weighted by atomic mass is 9.85. The molecule has 7 aromatic rings. The summed E-state index contributed by atoms with van der Waals surface area (Å²) in [6.07, 6.45) is 0. The first-order chi connectivity index (χ1) is 37.8. The molecule has 468 valence electrons. The number of hydrogen-bond donors (Lipinski definition) is 3. The second-order valence-corrected chi connectivity index (χ2v) is 29.0. The fraction of sp³-hybridized carbons (Fsp3) is 0.455. The van der Waals surface area contributed by atoms with Gasteiger partial charge in [-0.15, -0.1) is 0 Å². The van der Waals surface area contributed by atoms with E-state index in [0.717, 1.165) is 27.5 Å². The molecular formula is C77H114ClN3O4. The molecule has 0 amide bonds. The van der Waals surface area contributed by atoms with Gasteiger partial charge in [0.1, 0.15) is 23.0 Å². The van der Waals surface area contributed by atoms with Crippen molar-refractivity contribution in [1.82, 2.24) is 0 Å². The van der Waals surface area contributed by atoms with Gasteiger partial charge in [-0.3, -0.25) is 0 Å². The Morgan fingerprint density at radius 3 is 1.02 bits per heavy atom. The normalized spacial score (nSPS) is 11.2. The molecule has 0 bridgehead atoms. The molecule has 7 aromatic carbocycles. The number of phenolic OH excluding ortho intramolecular Hbond substituents is 3. The summed E-state index contributed by atoms with van der Waals surface area (Å²) in [7, 11) is 1.69. The summed E-state index contributed by atoms with van der Waals surface area (Å²) in [5.41, 5.74) is 23.6. The topological polar surface area (TPSA) is 119 Å². The van der Waals surface area contributed by atoms with Crippen LogP contribution in [0.15, 0.2) is 157 Å². The minimum atomic E-state index is 0. The van der Waals surface area contributed by atoms with E-state index in [4.69, 9.17) is 27.0 Å². The summed E-state index contributed by atoms with van der Waals surface area (Å²) < 4.78 is 5.08. The number of ether oxygens (including phenoxy) is 1. The maximum absolute atomic E-state index is 9.60. The van der Waals surface area contributed by atoms with Gasteiger partial charge in [0.25, 0.3) is 0 Å². The molecule has 7 nitrogen and oxygen atoms in total. The molecule has 0 heterocycles. The van der Waals surface area contributed by atoms with Gasteiger partial charge in [-0.2, -0.15) is 0 Å². The highest BCUT2D eigenvalue weighted by molar-refractivity contribution is 6.30. The van der Waals surface area contributed by atoms with E-state index in [9.17, 15) is 10.2 Å². The average molecular weight is 1180 g/mol. The summed E-state index contributed by atoms with van der Waals surface area (Å²) in [6.45, 7) is 53.8. The predicted molar refractivity (Wildman–Crippen MR) is 374 cm³/mol. The number of halogens is 1. The number of rotatable bonds is 2. The maximum atomic E-state index is 9.60. The molecule has 0 saturated carbocycles. The van der Waals surface area contributed by atoms with E-state index in [1.807, 2.05) is 93.6 Å². The van der Waals surface area contributed by atoms with Gasteiger partial charge in [-0.05, 0) is 169 Å². The van der Waals surface area contributed by atoms with Crippen molar-refractivity contribution in [2.75, 3.05) is 7.11 Å². The Kier molecular flexibility index (Phi) is 32.6. The zero-order chi connectivity index (χ0) is 64.1. The van der Waals surface area contributed by atoms with Gasteiger partial charge < -0.3 is 20.1 Å². The van der Waals surface area contributed by atoms with Gasteiger partial charge in [-0.25, -0.2) is 0 Å².